The highest BCUT2D eigenvalue weighted by atomic mass is 16.5. The summed E-state index contributed by atoms with van der Waals surface area (Å²) in [5.41, 5.74) is 1.94. The van der Waals surface area contributed by atoms with E-state index in [-0.39, 0.29) is 17.9 Å². The molecule has 1 aliphatic rings. The molecule has 1 saturated carbocycles. The molecule has 1 aliphatic carbocycles. The van der Waals surface area contributed by atoms with E-state index < -0.39 is 0 Å². The molecule has 23 heavy (non-hydrogen) atoms. The van der Waals surface area contributed by atoms with E-state index in [1.54, 1.807) is 11.8 Å². The molecule has 0 aromatic carbocycles. The molecular formula is C17H30N4O2. The fourth-order valence-corrected chi connectivity index (χ4v) is 3.34. The third-order valence-corrected chi connectivity index (χ3v) is 4.63. The number of methoxy groups -OCH3 is 1. The highest BCUT2D eigenvalue weighted by molar-refractivity contribution is 5.82. The lowest BCUT2D eigenvalue weighted by atomic mass is 10.0. The third kappa shape index (κ3) is 4.25. The molecule has 1 aromatic rings. The van der Waals surface area contributed by atoms with Gasteiger partial charge in [0.25, 0.3) is 0 Å². The average molecular weight is 322 g/mol. The minimum absolute atomic E-state index is 0.104. The number of carbonyl (C=O) groups excluding carboxylic acids is 1. The molecule has 0 unspecified atom stereocenters. The minimum Gasteiger partial charge on any atom is -0.481 e. The molecule has 130 valence electrons. The van der Waals surface area contributed by atoms with Crippen molar-refractivity contribution in [3.05, 3.63) is 11.3 Å². The maximum atomic E-state index is 12.6. The maximum absolute atomic E-state index is 12.6. The van der Waals surface area contributed by atoms with Crippen molar-refractivity contribution in [2.24, 2.45) is 13.0 Å². The van der Waals surface area contributed by atoms with Gasteiger partial charge in [-0.05, 0) is 25.7 Å². The second kappa shape index (κ2) is 7.81. The SMILES string of the molecule is COc1c(CN[C@H](C(=O)NC2CCCC2)C(C)C)c(C)nn1C. The highest BCUT2D eigenvalue weighted by Crippen LogP contribution is 2.21. The second-order valence-electron chi connectivity index (χ2n) is 6.79. The van der Waals surface area contributed by atoms with Crippen molar-refractivity contribution in [3.8, 4) is 5.88 Å². The summed E-state index contributed by atoms with van der Waals surface area (Å²) in [5, 5.41) is 11.0. The third-order valence-electron chi connectivity index (χ3n) is 4.63. The van der Waals surface area contributed by atoms with Crippen LogP contribution in [-0.4, -0.2) is 34.9 Å². The predicted octanol–water partition coefficient (Wildman–Crippen LogP) is 1.91. The molecule has 6 heteroatoms. The number of hydrogen-bond acceptors (Lipinski definition) is 4. The lowest BCUT2D eigenvalue weighted by molar-refractivity contribution is -0.124. The first kappa shape index (κ1) is 17.8. The summed E-state index contributed by atoms with van der Waals surface area (Å²) in [6.07, 6.45) is 4.64. The summed E-state index contributed by atoms with van der Waals surface area (Å²) >= 11 is 0. The van der Waals surface area contributed by atoms with Crippen LogP contribution in [0.5, 0.6) is 5.88 Å². The Kier molecular flexibility index (Phi) is 6.04. The zero-order valence-corrected chi connectivity index (χ0v) is 15.0. The van der Waals surface area contributed by atoms with Gasteiger partial charge in [0.1, 0.15) is 0 Å². The van der Waals surface area contributed by atoms with E-state index in [1.807, 2.05) is 14.0 Å². The van der Waals surface area contributed by atoms with Crippen LogP contribution < -0.4 is 15.4 Å². The fraction of sp³-hybridized carbons (Fsp3) is 0.765. The fourth-order valence-electron chi connectivity index (χ4n) is 3.34. The number of nitrogens with zero attached hydrogens (tertiary/aromatic N) is 2. The number of aromatic nitrogens is 2. The molecule has 1 atom stereocenters. The van der Waals surface area contributed by atoms with Crippen molar-refractivity contribution in [1.29, 1.82) is 0 Å². The van der Waals surface area contributed by atoms with Crippen molar-refractivity contribution in [2.45, 2.75) is 65.1 Å². The molecule has 0 aliphatic heterocycles. The van der Waals surface area contributed by atoms with Crippen LogP contribution in [0, 0.1) is 12.8 Å². The number of aryl methyl sites for hydroxylation is 2. The smallest absolute Gasteiger partial charge is 0.237 e. The average Bonchev–Trinajstić information content (AvgIpc) is 3.07. The Bertz CT molecular complexity index is 533. The maximum Gasteiger partial charge on any atom is 0.237 e. The molecule has 6 nitrogen and oxygen atoms in total. The van der Waals surface area contributed by atoms with Gasteiger partial charge in [0.05, 0.1) is 24.4 Å². The molecule has 2 rings (SSSR count). The first-order valence-corrected chi connectivity index (χ1v) is 8.54. The van der Waals surface area contributed by atoms with Gasteiger partial charge in [0.2, 0.25) is 11.8 Å². The van der Waals surface area contributed by atoms with Gasteiger partial charge in [0.15, 0.2) is 0 Å². The van der Waals surface area contributed by atoms with E-state index in [2.05, 4.69) is 29.6 Å². The van der Waals surface area contributed by atoms with Gasteiger partial charge in [-0.3, -0.25) is 4.79 Å². The number of ether oxygens (including phenoxy) is 1. The monoisotopic (exact) mass is 322 g/mol. The van der Waals surface area contributed by atoms with Crippen LogP contribution in [0.1, 0.15) is 50.8 Å². The van der Waals surface area contributed by atoms with Crippen molar-refractivity contribution in [2.75, 3.05) is 7.11 Å². The first-order valence-electron chi connectivity index (χ1n) is 8.54. The first-order chi connectivity index (χ1) is 10.9. The Morgan fingerprint density at radius 3 is 2.61 bits per heavy atom. The number of nitrogens with one attached hydrogen (secondary N) is 2. The van der Waals surface area contributed by atoms with Crippen LogP contribution in [-0.2, 0) is 18.4 Å². The molecule has 0 bridgehead atoms. The van der Waals surface area contributed by atoms with E-state index in [1.165, 1.54) is 12.8 Å². The molecule has 1 heterocycles. The van der Waals surface area contributed by atoms with Crippen molar-refractivity contribution in [3.63, 3.8) is 0 Å². The van der Waals surface area contributed by atoms with Crippen molar-refractivity contribution in [1.82, 2.24) is 20.4 Å². The number of carbonyl (C=O) groups is 1. The summed E-state index contributed by atoms with van der Waals surface area (Å²) in [4.78, 5) is 12.6. The van der Waals surface area contributed by atoms with Gasteiger partial charge < -0.3 is 15.4 Å². The van der Waals surface area contributed by atoms with Gasteiger partial charge >= 0.3 is 0 Å². The van der Waals surface area contributed by atoms with Crippen LogP contribution in [0.4, 0.5) is 0 Å². The lowest BCUT2D eigenvalue weighted by Crippen LogP contribution is -2.49. The summed E-state index contributed by atoms with van der Waals surface area (Å²) in [6, 6.07) is 0.139. The predicted molar refractivity (Wildman–Crippen MR) is 90.4 cm³/mol. The Balaban J connectivity index is 2.01. The highest BCUT2D eigenvalue weighted by Gasteiger charge is 2.26. The Labute approximate surface area is 139 Å². The normalized spacial score (nSPS) is 16.8. The van der Waals surface area contributed by atoms with Crippen LogP contribution >= 0.6 is 0 Å². The topological polar surface area (TPSA) is 68.2 Å². The number of hydrogen-bond donors (Lipinski definition) is 2. The van der Waals surface area contributed by atoms with Crippen LogP contribution in [0.2, 0.25) is 0 Å². The van der Waals surface area contributed by atoms with Crippen LogP contribution in [0.15, 0.2) is 0 Å². The summed E-state index contributed by atoms with van der Waals surface area (Å²) in [5.74, 6) is 1.07. The van der Waals surface area contributed by atoms with Gasteiger partial charge in [-0.15, -0.1) is 0 Å². The molecule has 0 spiro atoms. The summed E-state index contributed by atoms with van der Waals surface area (Å²) in [6.45, 7) is 6.67. The van der Waals surface area contributed by atoms with Crippen molar-refractivity contribution < 1.29 is 9.53 Å². The number of rotatable bonds is 7. The molecule has 0 saturated heterocycles. The van der Waals surface area contributed by atoms with Gasteiger partial charge in [-0.2, -0.15) is 5.10 Å². The zero-order chi connectivity index (χ0) is 17.0. The molecular weight excluding hydrogens is 292 g/mol. The minimum atomic E-state index is -0.208. The van der Waals surface area contributed by atoms with E-state index in [4.69, 9.17) is 4.74 Å². The Morgan fingerprint density at radius 2 is 2.04 bits per heavy atom. The molecule has 1 fully saturated rings. The van der Waals surface area contributed by atoms with Gasteiger partial charge in [0, 0.05) is 19.6 Å². The Hall–Kier alpha value is -1.56. The largest absolute Gasteiger partial charge is 0.481 e. The van der Waals surface area contributed by atoms with Crippen LogP contribution in [0.25, 0.3) is 0 Å². The molecule has 0 radical (unpaired) electrons. The van der Waals surface area contributed by atoms with Gasteiger partial charge in [-0.1, -0.05) is 26.7 Å². The van der Waals surface area contributed by atoms with Crippen LogP contribution in [0.3, 0.4) is 0 Å². The zero-order valence-electron chi connectivity index (χ0n) is 15.0. The summed E-state index contributed by atoms with van der Waals surface area (Å²) in [7, 11) is 3.51. The van der Waals surface area contributed by atoms with E-state index in [0.29, 0.717) is 12.6 Å². The molecule has 1 amide bonds. The van der Waals surface area contributed by atoms with Crippen molar-refractivity contribution >= 4 is 5.91 Å². The molecule has 2 N–H and O–H groups in total. The van der Waals surface area contributed by atoms with E-state index in [0.717, 1.165) is 30.0 Å². The van der Waals surface area contributed by atoms with Gasteiger partial charge in [-0.25, -0.2) is 4.68 Å². The molecule has 1 aromatic heterocycles. The lowest BCUT2D eigenvalue weighted by Gasteiger charge is -2.24. The van der Waals surface area contributed by atoms with E-state index in [9.17, 15) is 4.79 Å². The number of amides is 1. The van der Waals surface area contributed by atoms with E-state index >= 15 is 0 Å². The summed E-state index contributed by atoms with van der Waals surface area (Å²) < 4.78 is 7.15. The Morgan fingerprint density at radius 1 is 1.39 bits per heavy atom. The standard InChI is InChI=1S/C17H30N4O2/c1-11(2)15(16(22)19-13-8-6-7-9-13)18-10-14-12(3)20-21(4)17(14)23-5/h11,13,15,18H,6-10H2,1-5H3,(H,19,22)/t15-/m0/s1. The second-order valence-corrected chi connectivity index (χ2v) is 6.79. The quantitative estimate of drug-likeness (QED) is 0.805.